The van der Waals surface area contributed by atoms with Gasteiger partial charge >= 0.3 is 0 Å². The second kappa shape index (κ2) is 4.05. The van der Waals surface area contributed by atoms with Crippen molar-refractivity contribution in [1.82, 2.24) is 25.7 Å². The fourth-order valence-corrected chi connectivity index (χ4v) is 1.96. The summed E-state index contributed by atoms with van der Waals surface area (Å²) in [5.74, 6) is 1.70. The van der Waals surface area contributed by atoms with E-state index >= 15 is 0 Å². The first-order valence-electron chi connectivity index (χ1n) is 5.47. The van der Waals surface area contributed by atoms with E-state index in [1.54, 1.807) is 12.4 Å². The highest BCUT2D eigenvalue weighted by atomic mass is 16.5. The molecule has 16 heavy (non-hydrogen) atoms. The molecule has 0 aliphatic carbocycles. The van der Waals surface area contributed by atoms with E-state index in [2.05, 4.69) is 25.7 Å². The molecule has 0 aromatic carbocycles. The Morgan fingerprint density at radius 3 is 3.19 bits per heavy atom. The summed E-state index contributed by atoms with van der Waals surface area (Å²) >= 11 is 0. The van der Waals surface area contributed by atoms with Crippen molar-refractivity contribution in [3.8, 4) is 11.5 Å². The fraction of sp³-hybridized carbons (Fsp3) is 0.500. The molecule has 1 unspecified atom stereocenters. The zero-order valence-corrected chi connectivity index (χ0v) is 8.81. The van der Waals surface area contributed by atoms with Gasteiger partial charge in [-0.3, -0.25) is 5.10 Å². The molecule has 1 aliphatic heterocycles. The average molecular weight is 219 g/mol. The van der Waals surface area contributed by atoms with E-state index < -0.39 is 0 Å². The lowest BCUT2D eigenvalue weighted by atomic mass is 9.99. The van der Waals surface area contributed by atoms with Crippen LogP contribution >= 0.6 is 0 Å². The van der Waals surface area contributed by atoms with Crippen molar-refractivity contribution in [1.29, 1.82) is 0 Å². The normalized spacial score (nSPS) is 21.1. The third-order valence-corrected chi connectivity index (χ3v) is 2.85. The Bertz CT molecular complexity index is 443. The van der Waals surface area contributed by atoms with Crippen LogP contribution in [-0.4, -0.2) is 33.4 Å². The lowest BCUT2D eigenvalue weighted by Gasteiger charge is -2.19. The van der Waals surface area contributed by atoms with Crippen LogP contribution in [0.1, 0.15) is 24.6 Å². The minimum absolute atomic E-state index is 0.373. The van der Waals surface area contributed by atoms with E-state index in [-0.39, 0.29) is 0 Å². The van der Waals surface area contributed by atoms with Gasteiger partial charge in [0.1, 0.15) is 0 Å². The van der Waals surface area contributed by atoms with E-state index in [0.29, 0.717) is 11.8 Å². The number of hydrogen-bond donors (Lipinski definition) is 2. The molecule has 0 saturated carbocycles. The second-order valence-electron chi connectivity index (χ2n) is 3.99. The van der Waals surface area contributed by atoms with Crippen LogP contribution < -0.4 is 5.32 Å². The van der Waals surface area contributed by atoms with Crippen LogP contribution in [0.25, 0.3) is 11.5 Å². The number of aromatic nitrogens is 4. The number of H-pyrrole nitrogens is 1. The van der Waals surface area contributed by atoms with Crippen LogP contribution in [0, 0.1) is 0 Å². The Kier molecular flexibility index (Phi) is 2.41. The maximum Gasteiger partial charge on any atom is 0.261 e. The Morgan fingerprint density at radius 1 is 1.44 bits per heavy atom. The number of hydrogen-bond acceptors (Lipinski definition) is 5. The van der Waals surface area contributed by atoms with Crippen LogP contribution in [-0.2, 0) is 0 Å². The van der Waals surface area contributed by atoms with Gasteiger partial charge in [0.05, 0.1) is 11.8 Å². The SMILES string of the molecule is c1n[nH]cc1-c1nc(C2CCCNC2)no1. The molecule has 0 amide bonds. The zero-order valence-electron chi connectivity index (χ0n) is 8.81. The van der Waals surface area contributed by atoms with Gasteiger partial charge in [0, 0.05) is 18.7 Å². The van der Waals surface area contributed by atoms with Gasteiger partial charge in [-0.05, 0) is 19.4 Å². The van der Waals surface area contributed by atoms with Crippen molar-refractivity contribution in [2.45, 2.75) is 18.8 Å². The molecule has 1 saturated heterocycles. The van der Waals surface area contributed by atoms with Crippen molar-refractivity contribution in [2.24, 2.45) is 0 Å². The molecule has 0 radical (unpaired) electrons. The van der Waals surface area contributed by atoms with E-state index in [9.17, 15) is 0 Å². The summed E-state index contributed by atoms with van der Waals surface area (Å²) in [7, 11) is 0. The maximum absolute atomic E-state index is 5.21. The molecule has 2 aromatic heterocycles. The van der Waals surface area contributed by atoms with Gasteiger partial charge < -0.3 is 9.84 Å². The van der Waals surface area contributed by atoms with Crippen LogP contribution in [0.15, 0.2) is 16.9 Å². The summed E-state index contributed by atoms with van der Waals surface area (Å²) < 4.78 is 5.21. The molecule has 6 nitrogen and oxygen atoms in total. The molecule has 1 atom stereocenters. The Balaban J connectivity index is 1.82. The molecule has 3 rings (SSSR count). The first kappa shape index (κ1) is 9.53. The number of nitrogens with one attached hydrogen (secondary N) is 2. The molecule has 2 N–H and O–H groups in total. The highest BCUT2D eigenvalue weighted by Crippen LogP contribution is 2.23. The summed E-state index contributed by atoms with van der Waals surface area (Å²) in [5.41, 5.74) is 0.836. The first-order valence-corrected chi connectivity index (χ1v) is 5.47. The maximum atomic E-state index is 5.21. The van der Waals surface area contributed by atoms with Crippen molar-refractivity contribution in [2.75, 3.05) is 13.1 Å². The number of aromatic amines is 1. The van der Waals surface area contributed by atoms with Crippen molar-refractivity contribution in [3.63, 3.8) is 0 Å². The molecule has 3 heterocycles. The Morgan fingerprint density at radius 2 is 2.44 bits per heavy atom. The Hall–Kier alpha value is -1.69. The third-order valence-electron chi connectivity index (χ3n) is 2.85. The van der Waals surface area contributed by atoms with Gasteiger partial charge in [0.2, 0.25) is 0 Å². The molecule has 6 heteroatoms. The van der Waals surface area contributed by atoms with Crippen molar-refractivity contribution in [3.05, 3.63) is 18.2 Å². The highest BCUT2D eigenvalue weighted by Gasteiger charge is 2.21. The van der Waals surface area contributed by atoms with Crippen molar-refractivity contribution < 1.29 is 4.52 Å². The third kappa shape index (κ3) is 1.71. The fourth-order valence-electron chi connectivity index (χ4n) is 1.96. The van der Waals surface area contributed by atoms with Crippen LogP contribution in [0.5, 0.6) is 0 Å². The summed E-state index contributed by atoms with van der Waals surface area (Å²) in [6.07, 6.45) is 5.71. The monoisotopic (exact) mass is 219 g/mol. The predicted molar refractivity (Wildman–Crippen MR) is 56.7 cm³/mol. The van der Waals surface area contributed by atoms with Crippen LogP contribution in [0.2, 0.25) is 0 Å². The first-order chi connectivity index (χ1) is 7.93. The minimum Gasteiger partial charge on any atom is -0.334 e. The lowest BCUT2D eigenvalue weighted by molar-refractivity contribution is 0.393. The minimum atomic E-state index is 0.373. The summed E-state index contributed by atoms with van der Waals surface area (Å²) in [6.45, 7) is 2.02. The standard InChI is InChI=1S/C10H13N5O/c1-2-7(4-11-3-1)9-14-10(16-15-9)8-5-12-13-6-8/h5-7,11H,1-4H2,(H,12,13). The molecule has 0 bridgehead atoms. The average Bonchev–Trinajstić information content (AvgIpc) is 3.01. The van der Waals surface area contributed by atoms with Gasteiger partial charge in [0.15, 0.2) is 5.82 Å². The van der Waals surface area contributed by atoms with E-state index in [1.807, 2.05) is 0 Å². The zero-order chi connectivity index (χ0) is 10.8. The quantitative estimate of drug-likeness (QED) is 0.785. The van der Waals surface area contributed by atoms with E-state index in [1.165, 1.54) is 6.42 Å². The topological polar surface area (TPSA) is 79.6 Å². The number of piperidine rings is 1. The van der Waals surface area contributed by atoms with Gasteiger partial charge in [-0.15, -0.1) is 0 Å². The van der Waals surface area contributed by atoms with Gasteiger partial charge in [0.25, 0.3) is 5.89 Å². The lowest BCUT2D eigenvalue weighted by Crippen LogP contribution is -2.28. The van der Waals surface area contributed by atoms with Crippen LogP contribution in [0.3, 0.4) is 0 Å². The van der Waals surface area contributed by atoms with Crippen molar-refractivity contribution >= 4 is 0 Å². The molecule has 0 spiro atoms. The second-order valence-corrected chi connectivity index (χ2v) is 3.99. The molecule has 2 aromatic rings. The summed E-state index contributed by atoms with van der Waals surface area (Å²) in [5, 5.41) is 13.9. The van der Waals surface area contributed by atoms with Gasteiger partial charge in [-0.2, -0.15) is 10.1 Å². The highest BCUT2D eigenvalue weighted by molar-refractivity contribution is 5.49. The number of nitrogens with zero attached hydrogens (tertiary/aromatic N) is 3. The van der Waals surface area contributed by atoms with E-state index in [0.717, 1.165) is 30.9 Å². The predicted octanol–water partition coefficient (Wildman–Crippen LogP) is 0.927. The molecule has 84 valence electrons. The molecule has 1 aliphatic rings. The summed E-state index contributed by atoms with van der Waals surface area (Å²) in [4.78, 5) is 4.40. The Labute approximate surface area is 92.4 Å². The molecular formula is C10H13N5O. The molecule has 1 fully saturated rings. The smallest absolute Gasteiger partial charge is 0.261 e. The van der Waals surface area contributed by atoms with Gasteiger partial charge in [-0.1, -0.05) is 5.16 Å². The summed E-state index contributed by atoms with van der Waals surface area (Å²) in [6, 6.07) is 0. The molecular weight excluding hydrogens is 206 g/mol. The number of rotatable bonds is 2. The van der Waals surface area contributed by atoms with Crippen LogP contribution in [0.4, 0.5) is 0 Å². The van der Waals surface area contributed by atoms with Gasteiger partial charge in [-0.25, -0.2) is 0 Å². The van der Waals surface area contributed by atoms with E-state index in [4.69, 9.17) is 4.52 Å². The largest absolute Gasteiger partial charge is 0.334 e.